The van der Waals surface area contributed by atoms with Gasteiger partial charge in [-0.2, -0.15) is 0 Å². The maximum absolute atomic E-state index is 13.6. The minimum Gasteiger partial charge on any atom is -0.383 e. The fourth-order valence-corrected chi connectivity index (χ4v) is 4.12. The van der Waals surface area contributed by atoms with E-state index in [2.05, 4.69) is 9.88 Å². The predicted octanol–water partition coefficient (Wildman–Crippen LogP) is 5.25. The van der Waals surface area contributed by atoms with Gasteiger partial charge in [-0.05, 0) is 47.0 Å². The third-order valence-corrected chi connectivity index (χ3v) is 5.75. The Labute approximate surface area is 191 Å². The lowest BCUT2D eigenvalue weighted by Crippen LogP contribution is -2.28. The Hall–Kier alpha value is -3.51. The van der Waals surface area contributed by atoms with Crippen molar-refractivity contribution < 1.29 is 18.3 Å². The number of hydrogen-bond donors (Lipinski definition) is 1. The Morgan fingerprint density at radius 1 is 0.970 bits per heavy atom. The molecule has 0 aliphatic heterocycles. The fourth-order valence-electron chi connectivity index (χ4n) is 4.12. The maximum atomic E-state index is 13.6. The van der Waals surface area contributed by atoms with Crippen molar-refractivity contribution in [3.8, 4) is 0 Å². The Balaban J connectivity index is 1.73. The van der Waals surface area contributed by atoms with Gasteiger partial charge in [0.05, 0.1) is 6.61 Å². The molecule has 4 nitrogen and oxygen atoms in total. The van der Waals surface area contributed by atoms with Gasteiger partial charge in [0.25, 0.3) is 0 Å². The number of nitrogens with one attached hydrogen (secondary N) is 1. The smallest absolute Gasteiger partial charge is 0.221 e. The van der Waals surface area contributed by atoms with Crippen molar-refractivity contribution in [1.29, 1.82) is 0 Å². The average Bonchev–Trinajstić information content (AvgIpc) is 3.18. The topological polar surface area (TPSA) is 43.3 Å². The van der Waals surface area contributed by atoms with E-state index in [4.69, 9.17) is 4.74 Å². The monoisotopic (exact) mass is 448 g/mol. The number of para-hydroxylation sites is 1. The van der Waals surface area contributed by atoms with Crippen LogP contribution in [-0.2, 0) is 16.1 Å². The lowest BCUT2D eigenvalue weighted by atomic mass is 9.88. The summed E-state index contributed by atoms with van der Waals surface area (Å²) in [7, 11) is 1.59. The van der Waals surface area contributed by atoms with Crippen LogP contribution in [0.4, 0.5) is 8.78 Å². The molecule has 1 heterocycles. The first kappa shape index (κ1) is 22.7. The second-order valence-corrected chi connectivity index (χ2v) is 8.01. The number of methoxy groups -OCH3 is 1. The fraction of sp³-hybridized carbons (Fsp3) is 0.222. The van der Waals surface area contributed by atoms with Gasteiger partial charge in [0.2, 0.25) is 5.91 Å². The first-order chi connectivity index (χ1) is 16.0. The van der Waals surface area contributed by atoms with Gasteiger partial charge in [-0.3, -0.25) is 4.79 Å². The normalized spacial score (nSPS) is 12.1. The van der Waals surface area contributed by atoms with Gasteiger partial charge in [-0.25, -0.2) is 8.78 Å². The molecule has 0 fully saturated rings. The van der Waals surface area contributed by atoms with E-state index in [1.54, 1.807) is 31.4 Å². The standard InChI is InChI=1S/C27H26F2N2O2/c1-33-15-14-30-27(32)16-24(20-8-12-22(29)13-9-20)25-18-31(26-5-3-2-4-23(25)26)17-19-6-10-21(28)11-7-19/h2-13,18,24H,14-17H2,1H3,(H,30,32). The summed E-state index contributed by atoms with van der Waals surface area (Å²) in [4.78, 5) is 12.7. The van der Waals surface area contributed by atoms with Gasteiger partial charge < -0.3 is 14.6 Å². The van der Waals surface area contributed by atoms with Crippen LogP contribution in [0.1, 0.15) is 29.0 Å². The molecule has 1 atom stereocenters. The van der Waals surface area contributed by atoms with Crippen LogP contribution in [0.3, 0.4) is 0 Å². The molecule has 6 heteroatoms. The van der Waals surface area contributed by atoms with Crippen LogP contribution in [0.25, 0.3) is 10.9 Å². The number of nitrogens with zero attached hydrogens (tertiary/aromatic N) is 1. The highest BCUT2D eigenvalue weighted by molar-refractivity contribution is 5.86. The third-order valence-electron chi connectivity index (χ3n) is 5.75. The molecule has 0 saturated heterocycles. The number of halogens is 2. The molecule has 4 aromatic rings. The summed E-state index contributed by atoms with van der Waals surface area (Å²) in [6, 6.07) is 20.7. The van der Waals surface area contributed by atoms with E-state index in [0.29, 0.717) is 19.7 Å². The van der Waals surface area contributed by atoms with Crippen LogP contribution in [0.15, 0.2) is 79.0 Å². The van der Waals surface area contributed by atoms with Crippen molar-refractivity contribution in [2.45, 2.75) is 18.9 Å². The number of aromatic nitrogens is 1. The van der Waals surface area contributed by atoms with Crippen molar-refractivity contribution in [2.75, 3.05) is 20.3 Å². The van der Waals surface area contributed by atoms with Gasteiger partial charge in [0, 0.05) is 49.6 Å². The van der Waals surface area contributed by atoms with E-state index in [1.165, 1.54) is 24.3 Å². The molecule has 170 valence electrons. The zero-order valence-corrected chi connectivity index (χ0v) is 18.4. The van der Waals surface area contributed by atoms with Crippen LogP contribution in [0.2, 0.25) is 0 Å². The predicted molar refractivity (Wildman–Crippen MR) is 125 cm³/mol. The number of amides is 1. The van der Waals surface area contributed by atoms with Crippen LogP contribution in [0, 0.1) is 11.6 Å². The molecule has 0 radical (unpaired) electrons. The largest absolute Gasteiger partial charge is 0.383 e. The highest BCUT2D eigenvalue weighted by Crippen LogP contribution is 2.35. The van der Waals surface area contributed by atoms with Crippen molar-refractivity contribution in [2.24, 2.45) is 0 Å². The summed E-state index contributed by atoms with van der Waals surface area (Å²) in [5.41, 5.74) is 3.84. The Bertz CT molecular complexity index is 1220. The zero-order chi connectivity index (χ0) is 23.2. The zero-order valence-electron chi connectivity index (χ0n) is 18.4. The van der Waals surface area contributed by atoms with Gasteiger partial charge in [0.1, 0.15) is 11.6 Å². The molecular weight excluding hydrogens is 422 g/mol. The number of benzene rings is 3. The van der Waals surface area contributed by atoms with Crippen molar-refractivity contribution >= 4 is 16.8 Å². The molecule has 0 spiro atoms. The second-order valence-electron chi connectivity index (χ2n) is 8.01. The first-order valence-corrected chi connectivity index (χ1v) is 10.9. The lowest BCUT2D eigenvalue weighted by Gasteiger charge is -2.17. The quantitative estimate of drug-likeness (QED) is 0.355. The van der Waals surface area contributed by atoms with E-state index in [0.717, 1.165) is 27.6 Å². The van der Waals surface area contributed by atoms with Crippen molar-refractivity contribution in [3.05, 3.63) is 107 Å². The van der Waals surface area contributed by atoms with E-state index in [1.807, 2.05) is 30.5 Å². The van der Waals surface area contributed by atoms with Gasteiger partial charge in [0.15, 0.2) is 0 Å². The molecule has 33 heavy (non-hydrogen) atoms. The molecule has 4 rings (SSSR count). The first-order valence-electron chi connectivity index (χ1n) is 10.9. The summed E-state index contributed by atoms with van der Waals surface area (Å²) in [5.74, 6) is -0.947. The highest BCUT2D eigenvalue weighted by atomic mass is 19.1. The molecule has 0 saturated carbocycles. The number of ether oxygens (including phenoxy) is 1. The van der Waals surface area contributed by atoms with Crippen molar-refractivity contribution in [3.63, 3.8) is 0 Å². The molecular formula is C27H26F2N2O2. The van der Waals surface area contributed by atoms with Crippen LogP contribution < -0.4 is 5.32 Å². The van der Waals surface area contributed by atoms with Crippen LogP contribution in [0.5, 0.6) is 0 Å². The SMILES string of the molecule is COCCNC(=O)CC(c1ccc(F)cc1)c1cn(Cc2ccc(F)cc2)c2ccccc12. The number of rotatable bonds is 9. The van der Waals surface area contributed by atoms with E-state index < -0.39 is 0 Å². The molecule has 0 aliphatic carbocycles. The van der Waals surface area contributed by atoms with E-state index >= 15 is 0 Å². The summed E-state index contributed by atoms with van der Waals surface area (Å²) in [5, 5.41) is 3.91. The summed E-state index contributed by atoms with van der Waals surface area (Å²) < 4.78 is 34.1. The number of carbonyl (C=O) groups excluding carboxylic acids is 1. The molecule has 0 aliphatic rings. The molecule has 1 unspecified atom stereocenters. The minimum absolute atomic E-state index is 0.100. The second kappa shape index (κ2) is 10.4. The minimum atomic E-state index is -0.319. The summed E-state index contributed by atoms with van der Waals surface area (Å²) in [6.45, 7) is 1.43. The molecule has 1 amide bonds. The molecule has 0 bridgehead atoms. The molecule has 1 N–H and O–H groups in total. The third kappa shape index (κ3) is 5.46. The maximum Gasteiger partial charge on any atom is 0.221 e. The van der Waals surface area contributed by atoms with Gasteiger partial charge >= 0.3 is 0 Å². The molecule has 1 aromatic heterocycles. The highest BCUT2D eigenvalue weighted by Gasteiger charge is 2.23. The Kier molecular flexibility index (Phi) is 7.15. The van der Waals surface area contributed by atoms with Crippen molar-refractivity contribution in [1.82, 2.24) is 9.88 Å². The summed E-state index contributed by atoms with van der Waals surface area (Å²) >= 11 is 0. The van der Waals surface area contributed by atoms with Crippen LogP contribution in [-0.4, -0.2) is 30.7 Å². The average molecular weight is 449 g/mol. The van der Waals surface area contributed by atoms with Crippen LogP contribution >= 0.6 is 0 Å². The van der Waals surface area contributed by atoms with Gasteiger partial charge in [-0.1, -0.05) is 42.5 Å². The van der Waals surface area contributed by atoms with Gasteiger partial charge in [-0.15, -0.1) is 0 Å². The lowest BCUT2D eigenvalue weighted by molar-refractivity contribution is -0.121. The van der Waals surface area contributed by atoms with E-state index in [9.17, 15) is 13.6 Å². The Morgan fingerprint density at radius 3 is 2.33 bits per heavy atom. The Morgan fingerprint density at radius 2 is 1.64 bits per heavy atom. The summed E-state index contributed by atoms with van der Waals surface area (Å²) in [6.07, 6.45) is 2.27. The number of carbonyl (C=O) groups is 1. The molecule has 3 aromatic carbocycles. The number of hydrogen-bond acceptors (Lipinski definition) is 2. The van der Waals surface area contributed by atoms with E-state index in [-0.39, 0.29) is 29.9 Å². The number of fused-ring (bicyclic) bond motifs is 1.